The maximum atomic E-state index is 11.9. The molecule has 0 saturated heterocycles. The van der Waals surface area contributed by atoms with Gasteiger partial charge >= 0.3 is 0 Å². The third kappa shape index (κ3) is 3.39. The Bertz CT molecular complexity index is 556. The van der Waals surface area contributed by atoms with E-state index in [1.807, 2.05) is 51.1 Å². The molecule has 2 unspecified atom stereocenters. The summed E-state index contributed by atoms with van der Waals surface area (Å²) < 4.78 is 5.74. The molecule has 0 bridgehead atoms. The molecule has 1 heterocycles. The fourth-order valence-electron chi connectivity index (χ4n) is 2.04. The summed E-state index contributed by atoms with van der Waals surface area (Å²) in [5.41, 5.74) is 6.74. The summed E-state index contributed by atoms with van der Waals surface area (Å²) in [5, 5.41) is 3.97. The van der Waals surface area contributed by atoms with Gasteiger partial charge in [0.2, 0.25) is 5.91 Å². The monoisotopic (exact) mass is 274 g/mol. The van der Waals surface area contributed by atoms with E-state index in [9.17, 15) is 4.79 Å². The van der Waals surface area contributed by atoms with Crippen LogP contribution in [0.1, 0.15) is 39.0 Å². The van der Waals surface area contributed by atoms with Crippen molar-refractivity contribution >= 4 is 16.9 Å². The van der Waals surface area contributed by atoms with Crippen molar-refractivity contribution in [2.24, 2.45) is 11.7 Å². The van der Waals surface area contributed by atoms with E-state index in [2.05, 4.69) is 5.32 Å². The van der Waals surface area contributed by atoms with Crippen LogP contribution in [0.25, 0.3) is 11.0 Å². The van der Waals surface area contributed by atoms with E-state index < -0.39 is 0 Å². The number of carbonyl (C=O) groups excluding carboxylic acids is 1. The molecule has 4 heteroatoms. The molecule has 0 radical (unpaired) electrons. The van der Waals surface area contributed by atoms with Crippen LogP contribution in [0.4, 0.5) is 0 Å². The number of benzene rings is 1. The Morgan fingerprint density at radius 2 is 2.00 bits per heavy atom. The zero-order chi connectivity index (χ0) is 14.7. The SMILES string of the molecule is CC(NC(=O)CC(N)C(C)C)c1cc2ccccc2o1. The first kappa shape index (κ1) is 14.6. The minimum Gasteiger partial charge on any atom is -0.459 e. The van der Waals surface area contributed by atoms with Crippen LogP contribution in [0.2, 0.25) is 0 Å². The maximum Gasteiger partial charge on any atom is 0.222 e. The van der Waals surface area contributed by atoms with Crippen molar-refractivity contribution < 1.29 is 9.21 Å². The van der Waals surface area contributed by atoms with Gasteiger partial charge < -0.3 is 15.5 Å². The largest absolute Gasteiger partial charge is 0.459 e. The summed E-state index contributed by atoms with van der Waals surface area (Å²) in [5.74, 6) is 1.01. The molecule has 2 aromatic rings. The Morgan fingerprint density at radius 3 is 2.65 bits per heavy atom. The second-order valence-corrected chi connectivity index (χ2v) is 5.59. The van der Waals surface area contributed by atoms with Gasteiger partial charge in [0.1, 0.15) is 11.3 Å². The van der Waals surface area contributed by atoms with Crippen LogP contribution >= 0.6 is 0 Å². The van der Waals surface area contributed by atoms with Gasteiger partial charge in [0, 0.05) is 17.8 Å². The first-order valence-corrected chi connectivity index (χ1v) is 7.00. The molecular formula is C16H22N2O2. The molecule has 0 aliphatic heterocycles. The first-order chi connectivity index (χ1) is 9.47. The number of hydrogen-bond donors (Lipinski definition) is 2. The fourth-order valence-corrected chi connectivity index (χ4v) is 2.04. The van der Waals surface area contributed by atoms with Gasteiger partial charge in [-0.05, 0) is 25.0 Å². The predicted molar refractivity (Wildman–Crippen MR) is 80.2 cm³/mol. The summed E-state index contributed by atoms with van der Waals surface area (Å²) in [6.07, 6.45) is 0.336. The molecule has 1 aromatic heterocycles. The minimum atomic E-state index is -0.158. The Kier molecular flexibility index (Phi) is 4.45. The van der Waals surface area contributed by atoms with Gasteiger partial charge in [-0.3, -0.25) is 4.79 Å². The van der Waals surface area contributed by atoms with Crippen molar-refractivity contribution in [2.75, 3.05) is 0 Å². The smallest absolute Gasteiger partial charge is 0.222 e. The number of fused-ring (bicyclic) bond motifs is 1. The molecule has 0 saturated carbocycles. The lowest BCUT2D eigenvalue weighted by Crippen LogP contribution is -2.35. The van der Waals surface area contributed by atoms with Crippen LogP contribution < -0.4 is 11.1 Å². The molecule has 2 rings (SSSR count). The summed E-state index contributed by atoms with van der Waals surface area (Å²) in [6.45, 7) is 5.94. The molecular weight excluding hydrogens is 252 g/mol. The van der Waals surface area contributed by atoms with E-state index in [1.165, 1.54) is 0 Å². The quantitative estimate of drug-likeness (QED) is 0.880. The van der Waals surface area contributed by atoms with Crippen LogP contribution in [0, 0.1) is 5.92 Å². The lowest BCUT2D eigenvalue weighted by molar-refractivity contribution is -0.122. The van der Waals surface area contributed by atoms with Crippen LogP contribution in [-0.2, 0) is 4.79 Å². The molecule has 20 heavy (non-hydrogen) atoms. The van der Waals surface area contributed by atoms with Crippen molar-refractivity contribution in [1.82, 2.24) is 5.32 Å². The zero-order valence-electron chi connectivity index (χ0n) is 12.2. The topological polar surface area (TPSA) is 68.3 Å². The predicted octanol–water partition coefficient (Wildman–Crippen LogP) is 2.98. The second-order valence-electron chi connectivity index (χ2n) is 5.59. The molecule has 0 aliphatic carbocycles. The standard InChI is InChI=1S/C16H22N2O2/c1-10(2)13(17)9-16(19)18-11(3)15-8-12-6-4-5-7-14(12)20-15/h4-8,10-11,13H,9,17H2,1-3H3,(H,18,19). The van der Waals surface area contributed by atoms with E-state index in [4.69, 9.17) is 10.2 Å². The van der Waals surface area contributed by atoms with E-state index >= 15 is 0 Å². The van der Waals surface area contributed by atoms with Gasteiger partial charge in [-0.25, -0.2) is 0 Å². The molecule has 1 aromatic carbocycles. The average molecular weight is 274 g/mol. The number of nitrogens with one attached hydrogen (secondary N) is 1. The van der Waals surface area contributed by atoms with Crippen molar-refractivity contribution in [3.8, 4) is 0 Å². The van der Waals surface area contributed by atoms with E-state index in [-0.39, 0.29) is 18.0 Å². The molecule has 3 N–H and O–H groups in total. The van der Waals surface area contributed by atoms with E-state index in [0.29, 0.717) is 12.3 Å². The van der Waals surface area contributed by atoms with Gasteiger partial charge in [0.15, 0.2) is 0 Å². The van der Waals surface area contributed by atoms with Crippen LogP contribution in [-0.4, -0.2) is 11.9 Å². The number of rotatable bonds is 5. The van der Waals surface area contributed by atoms with Gasteiger partial charge in [0.25, 0.3) is 0 Å². The highest BCUT2D eigenvalue weighted by atomic mass is 16.3. The third-order valence-corrected chi connectivity index (χ3v) is 3.53. The fraction of sp³-hybridized carbons (Fsp3) is 0.438. The maximum absolute atomic E-state index is 11.9. The Balaban J connectivity index is 2.00. The molecule has 1 amide bonds. The minimum absolute atomic E-state index is 0.0424. The summed E-state index contributed by atoms with van der Waals surface area (Å²) in [4.78, 5) is 11.9. The van der Waals surface area contributed by atoms with Crippen LogP contribution in [0.3, 0.4) is 0 Å². The number of hydrogen-bond acceptors (Lipinski definition) is 3. The second kappa shape index (κ2) is 6.09. The normalized spacial score (nSPS) is 14.4. The lowest BCUT2D eigenvalue weighted by Gasteiger charge is -2.17. The zero-order valence-corrected chi connectivity index (χ0v) is 12.2. The first-order valence-electron chi connectivity index (χ1n) is 7.00. The van der Waals surface area contributed by atoms with E-state index in [0.717, 1.165) is 16.7 Å². The van der Waals surface area contributed by atoms with Crippen molar-refractivity contribution in [3.05, 3.63) is 36.1 Å². The summed E-state index contributed by atoms with van der Waals surface area (Å²) >= 11 is 0. The van der Waals surface area contributed by atoms with Crippen molar-refractivity contribution in [2.45, 2.75) is 39.3 Å². The number of carbonyl (C=O) groups is 1. The van der Waals surface area contributed by atoms with E-state index in [1.54, 1.807) is 0 Å². The lowest BCUT2D eigenvalue weighted by atomic mass is 10.0. The Hall–Kier alpha value is -1.81. The molecule has 0 fully saturated rings. The Labute approximate surface area is 119 Å². The van der Waals surface area contributed by atoms with Crippen LogP contribution in [0.15, 0.2) is 34.7 Å². The van der Waals surface area contributed by atoms with Crippen molar-refractivity contribution in [3.63, 3.8) is 0 Å². The molecule has 0 spiro atoms. The number of furan rings is 1. The number of nitrogens with two attached hydrogens (primary N) is 1. The van der Waals surface area contributed by atoms with Gasteiger partial charge in [-0.2, -0.15) is 0 Å². The molecule has 0 aliphatic rings. The molecule has 108 valence electrons. The van der Waals surface area contributed by atoms with Gasteiger partial charge in [0.05, 0.1) is 6.04 Å². The third-order valence-electron chi connectivity index (χ3n) is 3.53. The van der Waals surface area contributed by atoms with Crippen LogP contribution in [0.5, 0.6) is 0 Å². The highest BCUT2D eigenvalue weighted by Crippen LogP contribution is 2.23. The van der Waals surface area contributed by atoms with Gasteiger partial charge in [-0.1, -0.05) is 32.0 Å². The molecule has 4 nitrogen and oxygen atoms in total. The van der Waals surface area contributed by atoms with Gasteiger partial charge in [-0.15, -0.1) is 0 Å². The number of amides is 1. The Morgan fingerprint density at radius 1 is 1.30 bits per heavy atom. The average Bonchev–Trinajstić information content (AvgIpc) is 2.82. The highest BCUT2D eigenvalue weighted by Gasteiger charge is 2.17. The van der Waals surface area contributed by atoms with Crippen molar-refractivity contribution in [1.29, 1.82) is 0 Å². The summed E-state index contributed by atoms with van der Waals surface area (Å²) in [7, 11) is 0. The molecule has 2 atom stereocenters. The number of para-hydroxylation sites is 1. The highest BCUT2D eigenvalue weighted by molar-refractivity contribution is 5.79. The summed E-state index contributed by atoms with van der Waals surface area (Å²) in [6, 6.07) is 9.50.